The Hall–Kier alpha value is -4.88. The first-order chi connectivity index (χ1) is 36.6. The van der Waals surface area contributed by atoms with E-state index in [-0.39, 0.29) is 25.9 Å². The van der Waals surface area contributed by atoms with Crippen LogP contribution in [0.3, 0.4) is 0 Å². The highest BCUT2D eigenvalue weighted by Gasteiger charge is 2.50. The Morgan fingerprint density at radius 1 is 0.453 bits per heavy atom. The number of carboxylic acid groups (broad SMARTS) is 1. The van der Waals surface area contributed by atoms with Crippen LogP contribution >= 0.6 is 0 Å². The van der Waals surface area contributed by atoms with Crippen molar-refractivity contribution in [1.82, 2.24) is 0 Å². The van der Waals surface area contributed by atoms with E-state index < -0.39 is 67.3 Å². The Morgan fingerprint density at radius 2 is 0.840 bits per heavy atom. The average Bonchev–Trinajstić information content (AvgIpc) is 3.39. The van der Waals surface area contributed by atoms with E-state index in [9.17, 15) is 34.5 Å². The third-order valence-corrected chi connectivity index (χ3v) is 12.0. The van der Waals surface area contributed by atoms with Crippen LogP contribution in [0.25, 0.3) is 0 Å². The van der Waals surface area contributed by atoms with E-state index in [1.54, 1.807) is 0 Å². The van der Waals surface area contributed by atoms with Crippen molar-refractivity contribution in [3.05, 3.63) is 122 Å². The minimum absolute atomic E-state index is 0.0287. The lowest BCUT2D eigenvalue weighted by Gasteiger charge is -2.40. The normalized spacial score (nSPS) is 19.1. The zero-order valence-electron chi connectivity index (χ0n) is 46.2. The van der Waals surface area contributed by atoms with E-state index >= 15 is 0 Å². The van der Waals surface area contributed by atoms with Crippen molar-refractivity contribution in [2.75, 3.05) is 13.2 Å². The Kier molecular flexibility index (Phi) is 45.4. The first-order valence-corrected chi connectivity index (χ1v) is 28.5. The predicted molar refractivity (Wildman–Crippen MR) is 303 cm³/mol. The maximum absolute atomic E-state index is 13.1. The monoisotopic (exact) mass is 1050 g/mol. The molecule has 0 aliphatic carbocycles. The lowest BCUT2D eigenvalue weighted by Crippen LogP contribution is -2.61. The van der Waals surface area contributed by atoms with Gasteiger partial charge in [0.15, 0.2) is 24.6 Å². The van der Waals surface area contributed by atoms with Crippen molar-refractivity contribution in [1.29, 1.82) is 0 Å². The molecule has 0 bridgehead atoms. The van der Waals surface area contributed by atoms with E-state index in [4.69, 9.17) is 23.7 Å². The number of rotatable bonds is 46. The summed E-state index contributed by atoms with van der Waals surface area (Å²) in [6.45, 7) is 5.66. The summed E-state index contributed by atoms with van der Waals surface area (Å²) in [5.41, 5.74) is 0. The molecule has 3 N–H and O–H groups in total. The molecule has 0 radical (unpaired) electrons. The van der Waals surface area contributed by atoms with Gasteiger partial charge in [-0.25, -0.2) is 4.79 Å². The summed E-state index contributed by atoms with van der Waals surface area (Å²) in [5.74, 6) is -3.29. The summed E-state index contributed by atoms with van der Waals surface area (Å²) in [6.07, 6.45) is 56.2. The number of allylic oxidation sites excluding steroid dienone is 20. The number of hydrogen-bond acceptors (Lipinski definition) is 11. The van der Waals surface area contributed by atoms with Gasteiger partial charge in [0.2, 0.25) is 0 Å². The zero-order chi connectivity index (χ0) is 54.7. The maximum atomic E-state index is 13.1. The number of ether oxygens (including phenoxy) is 5. The summed E-state index contributed by atoms with van der Waals surface area (Å²) in [4.78, 5) is 51.0. The molecule has 6 atom stereocenters. The first-order valence-electron chi connectivity index (χ1n) is 28.5. The Balaban J connectivity index is 2.77. The molecule has 0 saturated carbocycles. The highest BCUT2D eigenvalue weighted by Crippen LogP contribution is 2.26. The van der Waals surface area contributed by atoms with Crippen LogP contribution < -0.4 is 0 Å². The molecule has 0 aromatic heterocycles. The van der Waals surface area contributed by atoms with Crippen molar-refractivity contribution in [3.63, 3.8) is 0 Å². The van der Waals surface area contributed by atoms with Crippen LogP contribution in [0.4, 0.5) is 0 Å². The number of aliphatic carboxylic acids is 1. The van der Waals surface area contributed by atoms with Crippen LogP contribution in [0.15, 0.2) is 122 Å². The van der Waals surface area contributed by atoms with Gasteiger partial charge in [0.1, 0.15) is 18.8 Å². The number of hydrogen-bond donors (Lipinski definition) is 3. The van der Waals surface area contributed by atoms with Crippen molar-refractivity contribution in [3.8, 4) is 0 Å². The summed E-state index contributed by atoms with van der Waals surface area (Å²) in [7, 11) is 0. The molecule has 0 aromatic rings. The number of carbonyl (C=O) groups is 4. The molecule has 0 aromatic carbocycles. The lowest BCUT2D eigenvalue weighted by molar-refractivity contribution is -0.301. The third-order valence-electron chi connectivity index (χ3n) is 12.0. The second-order valence-electron chi connectivity index (χ2n) is 18.8. The molecule has 1 aliphatic rings. The summed E-state index contributed by atoms with van der Waals surface area (Å²) >= 11 is 0. The molecule has 0 spiro atoms. The minimum atomic E-state index is -1.93. The van der Waals surface area contributed by atoms with Crippen LogP contribution in [0, 0.1) is 0 Å². The van der Waals surface area contributed by atoms with Gasteiger partial charge in [0.25, 0.3) is 0 Å². The Labute approximate surface area is 452 Å². The Bertz CT molecular complexity index is 1770. The standard InChI is InChI=1S/C63H98O12/c1-4-7-10-13-16-19-22-24-26-28-30-32-35-37-40-43-46-49-55(64)71-52-54(73-56(65)50-47-44-41-38-34-21-18-15-12-9-6-3)53-72-63-61(59(68)58(67)60(75-63)62(69)70)74-57(66)51-48-45-42-39-36-33-31-29-27-25-23-20-17-14-11-8-5-2/h7-8,10-11,16-17,19-20,24-27,30-33,37,39-40,42,54,58-61,63,67-68H,4-6,9,12-15,18,21-23,28-29,34-36,38,41,43-53H2,1-3H3,(H,69,70)/b10-7-,11-8-,19-16-,20-17-,26-24-,27-25-,32-30-,33-31-,40-37-,42-39-. The van der Waals surface area contributed by atoms with Gasteiger partial charge in [-0.2, -0.15) is 0 Å². The van der Waals surface area contributed by atoms with E-state index in [2.05, 4.69) is 124 Å². The van der Waals surface area contributed by atoms with Gasteiger partial charge in [-0.1, -0.05) is 206 Å². The van der Waals surface area contributed by atoms with Crippen LogP contribution in [0.1, 0.15) is 201 Å². The Morgan fingerprint density at radius 3 is 1.27 bits per heavy atom. The second-order valence-corrected chi connectivity index (χ2v) is 18.8. The fourth-order valence-electron chi connectivity index (χ4n) is 7.73. The van der Waals surface area contributed by atoms with Gasteiger partial charge in [-0.05, 0) is 96.3 Å². The second kappa shape index (κ2) is 50.0. The van der Waals surface area contributed by atoms with Gasteiger partial charge in [-0.15, -0.1) is 0 Å². The molecule has 1 fully saturated rings. The number of unbranched alkanes of at least 4 members (excludes halogenated alkanes) is 12. The van der Waals surface area contributed by atoms with E-state index in [1.165, 1.54) is 44.9 Å². The molecular formula is C63H98O12. The quantitative estimate of drug-likeness (QED) is 0.0228. The van der Waals surface area contributed by atoms with Crippen molar-refractivity contribution >= 4 is 23.9 Å². The number of esters is 3. The summed E-state index contributed by atoms with van der Waals surface area (Å²) < 4.78 is 28.2. The van der Waals surface area contributed by atoms with Crippen molar-refractivity contribution in [2.45, 2.75) is 237 Å². The number of carboxylic acids is 1. The van der Waals surface area contributed by atoms with E-state index in [1.807, 2.05) is 18.2 Å². The molecule has 12 nitrogen and oxygen atoms in total. The molecule has 1 rings (SSSR count). The molecule has 12 heteroatoms. The molecule has 75 heavy (non-hydrogen) atoms. The molecular weight excluding hydrogens is 949 g/mol. The number of carbonyl (C=O) groups excluding carboxylic acids is 3. The van der Waals surface area contributed by atoms with Crippen molar-refractivity contribution in [2.24, 2.45) is 0 Å². The topological polar surface area (TPSA) is 175 Å². The molecule has 1 aliphatic heterocycles. The van der Waals surface area contributed by atoms with Crippen LogP contribution in [-0.4, -0.2) is 89.2 Å². The SMILES string of the molecule is CC/C=C\C/C=C\C/C=C\C/C=C\C/C=C\CCCC(=O)OCC(COC1OC(C(=O)O)C(O)C(O)C1OC(=O)CCC/C=C\C/C=C\C/C=C\C/C=C\C/C=C\CC)OC(=O)CCCCCCCCCCCCC. The molecule has 0 amide bonds. The molecule has 6 unspecified atom stereocenters. The van der Waals surface area contributed by atoms with Gasteiger partial charge >= 0.3 is 23.9 Å². The minimum Gasteiger partial charge on any atom is -0.479 e. The van der Waals surface area contributed by atoms with Gasteiger partial charge < -0.3 is 39.0 Å². The molecule has 422 valence electrons. The molecule has 1 saturated heterocycles. The highest BCUT2D eigenvalue weighted by atomic mass is 16.7. The summed E-state index contributed by atoms with van der Waals surface area (Å²) in [5, 5.41) is 31.4. The van der Waals surface area contributed by atoms with Gasteiger partial charge in [-0.3, -0.25) is 14.4 Å². The van der Waals surface area contributed by atoms with E-state index in [0.29, 0.717) is 32.1 Å². The highest BCUT2D eigenvalue weighted by molar-refractivity contribution is 5.74. The maximum Gasteiger partial charge on any atom is 0.335 e. The smallest absolute Gasteiger partial charge is 0.335 e. The largest absolute Gasteiger partial charge is 0.479 e. The van der Waals surface area contributed by atoms with Crippen LogP contribution in [0.5, 0.6) is 0 Å². The molecule has 1 heterocycles. The number of aliphatic hydroxyl groups excluding tert-OH is 2. The van der Waals surface area contributed by atoms with E-state index in [0.717, 1.165) is 83.5 Å². The predicted octanol–water partition coefficient (Wildman–Crippen LogP) is 14.4. The summed E-state index contributed by atoms with van der Waals surface area (Å²) in [6, 6.07) is 0. The number of aliphatic hydroxyl groups is 2. The third kappa shape index (κ3) is 40.1. The van der Waals surface area contributed by atoms with Crippen molar-refractivity contribution < 1.29 is 58.2 Å². The fraction of sp³-hybridized carbons (Fsp3) is 0.619. The zero-order valence-corrected chi connectivity index (χ0v) is 46.2. The van der Waals surface area contributed by atoms with Crippen LogP contribution in [-0.2, 0) is 42.9 Å². The van der Waals surface area contributed by atoms with Gasteiger partial charge in [0, 0.05) is 19.3 Å². The van der Waals surface area contributed by atoms with Crippen LogP contribution in [0.2, 0.25) is 0 Å². The van der Waals surface area contributed by atoms with Gasteiger partial charge in [0.05, 0.1) is 6.61 Å². The average molecular weight is 1050 g/mol. The lowest BCUT2D eigenvalue weighted by atomic mass is 9.98. The first kappa shape index (κ1) is 68.1. The fourth-order valence-corrected chi connectivity index (χ4v) is 7.73.